The Balaban J connectivity index is 1.90. The van der Waals surface area contributed by atoms with Crippen LogP contribution in [0.4, 0.5) is 0 Å². The minimum atomic E-state index is -0.0549. The van der Waals surface area contributed by atoms with E-state index in [9.17, 15) is 10.4 Å². The van der Waals surface area contributed by atoms with Crippen molar-refractivity contribution in [1.82, 2.24) is 9.97 Å². The first kappa shape index (κ1) is 22.5. The Kier molecular flexibility index (Phi) is 8.14. The number of hydrogen-bond acceptors (Lipinski definition) is 5. The van der Waals surface area contributed by atoms with Crippen LogP contribution in [0, 0.1) is 18.3 Å². The monoisotopic (exact) mass is 415 g/mol. The third kappa shape index (κ3) is 5.90. The lowest BCUT2D eigenvalue weighted by Gasteiger charge is -2.15. The number of rotatable bonds is 10. The number of aliphatic hydroxyl groups excluding tert-OH is 1. The first-order valence-corrected chi connectivity index (χ1v) is 10.8. The molecule has 3 rings (SSSR count). The first-order chi connectivity index (χ1) is 15.2. The molecule has 0 spiro atoms. The minimum Gasteiger partial charge on any atom is -0.475 e. The number of benzene rings is 2. The molecule has 31 heavy (non-hydrogen) atoms. The van der Waals surface area contributed by atoms with E-state index in [1.165, 1.54) is 0 Å². The standard InChI is InChI=1S/C26H29N3O2/c1-3-4-5-10-25-24(26(31-16-15-30)29-19(2)28-25)17-20-11-13-21(14-12-20)23-9-7-6-8-22(23)18-27/h6-9,11-14,30H,3-5,10,15-17H2,1-2H3. The van der Waals surface area contributed by atoms with Gasteiger partial charge in [-0.05, 0) is 42.5 Å². The van der Waals surface area contributed by atoms with Crippen molar-refractivity contribution in [3.8, 4) is 23.1 Å². The fourth-order valence-corrected chi connectivity index (χ4v) is 3.65. The smallest absolute Gasteiger partial charge is 0.220 e. The van der Waals surface area contributed by atoms with E-state index in [0.29, 0.717) is 23.7 Å². The third-order valence-electron chi connectivity index (χ3n) is 5.21. The number of hydrogen-bond donors (Lipinski definition) is 1. The number of aryl methyl sites for hydroxylation is 2. The van der Waals surface area contributed by atoms with Crippen LogP contribution in [0.15, 0.2) is 48.5 Å². The minimum absolute atomic E-state index is 0.0549. The van der Waals surface area contributed by atoms with Crippen molar-refractivity contribution >= 4 is 0 Å². The lowest BCUT2D eigenvalue weighted by Crippen LogP contribution is -2.11. The highest BCUT2D eigenvalue weighted by Gasteiger charge is 2.15. The Labute approximate surface area is 184 Å². The van der Waals surface area contributed by atoms with Crippen LogP contribution in [0.1, 0.15) is 54.4 Å². The van der Waals surface area contributed by atoms with Gasteiger partial charge in [-0.2, -0.15) is 10.2 Å². The summed E-state index contributed by atoms with van der Waals surface area (Å²) in [6.07, 6.45) is 4.92. The van der Waals surface area contributed by atoms with Gasteiger partial charge in [-0.1, -0.05) is 62.2 Å². The molecule has 5 heteroatoms. The molecule has 160 valence electrons. The normalized spacial score (nSPS) is 10.6. The van der Waals surface area contributed by atoms with Gasteiger partial charge in [-0.3, -0.25) is 0 Å². The van der Waals surface area contributed by atoms with E-state index in [4.69, 9.17) is 9.72 Å². The zero-order valence-corrected chi connectivity index (χ0v) is 18.3. The van der Waals surface area contributed by atoms with Crippen LogP contribution in [-0.4, -0.2) is 28.3 Å². The van der Waals surface area contributed by atoms with Crippen molar-refractivity contribution in [2.24, 2.45) is 0 Å². The summed E-state index contributed by atoms with van der Waals surface area (Å²) in [5.41, 5.74) is 5.74. The van der Waals surface area contributed by atoms with Crippen LogP contribution in [0.2, 0.25) is 0 Å². The molecule has 0 aliphatic rings. The highest BCUT2D eigenvalue weighted by molar-refractivity contribution is 5.70. The highest BCUT2D eigenvalue weighted by Crippen LogP contribution is 2.27. The third-order valence-corrected chi connectivity index (χ3v) is 5.21. The lowest BCUT2D eigenvalue weighted by molar-refractivity contribution is 0.195. The second-order valence-corrected chi connectivity index (χ2v) is 7.56. The van der Waals surface area contributed by atoms with Gasteiger partial charge in [-0.15, -0.1) is 0 Å². The fourth-order valence-electron chi connectivity index (χ4n) is 3.65. The second kappa shape index (κ2) is 11.2. The van der Waals surface area contributed by atoms with Gasteiger partial charge in [-0.25, -0.2) is 4.98 Å². The van der Waals surface area contributed by atoms with Gasteiger partial charge >= 0.3 is 0 Å². The molecular formula is C26H29N3O2. The SMILES string of the molecule is CCCCCc1nc(C)nc(OCCO)c1Cc1ccc(-c2ccccc2C#N)cc1. The number of unbranched alkanes of at least 4 members (excludes halogenated alkanes) is 2. The molecule has 2 aromatic carbocycles. The Hall–Kier alpha value is -3.23. The molecule has 0 radical (unpaired) electrons. The number of aliphatic hydroxyl groups is 1. The molecule has 1 aromatic heterocycles. The maximum Gasteiger partial charge on any atom is 0.220 e. The van der Waals surface area contributed by atoms with E-state index < -0.39 is 0 Å². The van der Waals surface area contributed by atoms with Gasteiger partial charge in [0.2, 0.25) is 5.88 Å². The van der Waals surface area contributed by atoms with Gasteiger partial charge in [0, 0.05) is 12.0 Å². The average molecular weight is 416 g/mol. The van der Waals surface area contributed by atoms with E-state index in [2.05, 4.69) is 30.1 Å². The van der Waals surface area contributed by atoms with Gasteiger partial charge < -0.3 is 9.84 Å². The summed E-state index contributed by atoms with van der Waals surface area (Å²) in [5.74, 6) is 1.25. The maximum absolute atomic E-state index is 9.38. The molecule has 3 aromatic rings. The van der Waals surface area contributed by atoms with Gasteiger partial charge in [0.25, 0.3) is 0 Å². The van der Waals surface area contributed by atoms with Crippen LogP contribution in [0.3, 0.4) is 0 Å². The first-order valence-electron chi connectivity index (χ1n) is 10.8. The molecule has 0 bridgehead atoms. The summed E-state index contributed by atoms with van der Waals surface area (Å²) in [4.78, 5) is 9.21. The summed E-state index contributed by atoms with van der Waals surface area (Å²) in [7, 11) is 0. The van der Waals surface area contributed by atoms with Crippen LogP contribution < -0.4 is 4.74 Å². The van der Waals surface area contributed by atoms with Gasteiger partial charge in [0.1, 0.15) is 12.4 Å². The Morgan fingerprint density at radius 2 is 1.81 bits per heavy atom. The lowest BCUT2D eigenvalue weighted by atomic mass is 9.96. The van der Waals surface area contributed by atoms with Crippen LogP contribution >= 0.6 is 0 Å². The molecule has 0 aliphatic heterocycles. The van der Waals surface area contributed by atoms with Crippen molar-refractivity contribution in [2.45, 2.75) is 46.0 Å². The zero-order valence-electron chi connectivity index (χ0n) is 18.3. The second-order valence-electron chi connectivity index (χ2n) is 7.56. The molecular weight excluding hydrogens is 386 g/mol. The molecule has 5 nitrogen and oxygen atoms in total. The largest absolute Gasteiger partial charge is 0.475 e. The van der Waals surface area contributed by atoms with Crippen molar-refractivity contribution in [1.29, 1.82) is 5.26 Å². The van der Waals surface area contributed by atoms with Crippen molar-refractivity contribution in [3.05, 3.63) is 76.7 Å². The molecule has 0 unspecified atom stereocenters. The quantitative estimate of drug-likeness (QED) is 0.471. The Morgan fingerprint density at radius 3 is 2.52 bits per heavy atom. The summed E-state index contributed by atoms with van der Waals surface area (Å²) in [6.45, 7) is 4.22. The predicted octanol–water partition coefficient (Wildman–Crippen LogP) is 5.02. The van der Waals surface area contributed by atoms with Crippen LogP contribution in [-0.2, 0) is 12.8 Å². The molecule has 0 aliphatic carbocycles. The zero-order chi connectivity index (χ0) is 22.1. The molecule has 0 fully saturated rings. The van der Waals surface area contributed by atoms with Crippen LogP contribution in [0.5, 0.6) is 5.88 Å². The van der Waals surface area contributed by atoms with Gasteiger partial charge in [0.05, 0.1) is 23.9 Å². The predicted molar refractivity (Wildman–Crippen MR) is 122 cm³/mol. The molecule has 0 amide bonds. The number of aromatic nitrogens is 2. The summed E-state index contributed by atoms with van der Waals surface area (Å²) in [6, 6.07) is 18.1. The van der Waals surface area contributed by atoms with E-state index in [-0.39, 0.29) is 13.2 Å². The average Bonchev–Trinajstić information content (AvgIpc) is 2.80. The summed E-state index contributed by atoms with van der Waals surface area (Å²) >= 11 is 0. The Bertz CT molecular complexity index is 1040. The van der Waals surface area contributed by atoms with Crippen molar-refractivity contribution < 1.29 is 9.84 Å². The van der Waals surface area contributed by atoms with E-state index in [0.717, 1.165) is 53.6 Å². The van der Waals surface area contributed by atoms with E-state index >= 15 is 0 Å². The van der Waals surface area contributed by atoms with Crippen LogP contribution in [0.25, 0.3) is 11.1 Å². The molecule has 0 saturated heterocycles. The number of ether oxygens (including phenoxy) is 1. The van der Waals surface area contributed by atoms with Crippen molar-refractivity contribution in [2.75, 3.05) is 13.2 Å². The molecule has 1 N–H and O–H groups in total. The fraction of sp³-hybridized carbons (Fsp3) is 0.346. The topological polar surface area (TPSA) is 79.0 Å². The Morgan fingerprint density at radius 1 is 1.03 bits per heavy atom. The van der Waals surface area contributed by atoms with Crippen molar-refractivity contribution in [3.63, 3.8) is 0 Å². The summed E-state index contributed by atoms with van der Waals surface area (Å²) < 4.78 is 5.77. The maximum atomic E-state index is 9.38. The van der Waals surface area contributed by atoms with E-state index in [1.54, 1.807) is 0 Å². The van der Waals surface area contributed by atoms with E-state index in [1.807, 2.05) is 43.3 Å². The van der Waals surface area contributed by atoms with Gasteiger partial charge in [0.15, 0.2) is 0 Å². The molecule has 0 atom stereocenters. The highest BCUT2D eigenvalue weighted by atomic mass is 16.5. The molecule has 1 heterocycles. The summed E-state index contributed by atoms with van der Waals surface area (Å²) in [5, 5.41) is 18.6. The number of nitriles is 1. The number of nitrogens with zero attached hydrogens (tertiary/aromatic N) is 3. The molecule has 0 saturated carbocycles.